The first-order valence-corrected chi connectivity index (χ1v) is 7.98. The highest BCUT2D eigenvalue weighted by atomic mass is 32.1. The number of nitrogens with one attached hydrogen (secondary N) is 1. The number of hydrogen-bond donors (Lipinski definition) is 1. The Labute approximate surface area is 114 Å². The van der Waals surface area contributed by atoms with Crippen LogP contribution in [-0.2, 0) is 17.8 Å². The first-order valence-electron chi connectivity index (χ1n) is 7.10. The molecule has 2 rings (SSSR count). The van der Waals surface area contributed by atoms with E-state index in [2.05, 4.69) is 29.5 Å². The molecular formula is C14H24N2OS. The quantitative estimate of drug-likeness (QED) is 0.860. The lowest BCUT2D eigenvalue weighted by molar-refractivity contribution is 0.0101. The lowest BCUT2D eigenvalue weighted by Gasteiger charge is -2.28. The summed E-state index contributed by atoms with van der Waals surface area (Å²) in [6, 6.07) is 0.709. The third kappa shape index (κ3) is 4.04. The molecule has 0 aromatic carbocycles. The highest BCUT2D eigenvalue weighted by Crippen LogP contribution is 2.22. The number of hydrogen-bond acceptors (Lipinski definition) is 4. The van der Waals surface area contributed by atoms with E-state index in [-0.39, 0.29) is 0 Å². The monoisotopic (exact) mass is 268 g/mol. The van der Waals surface area contributed by atoms with Crippen molar-refractivity contribution in [2.24, 2.45) is 0 Å². The molecule has 1 N–H and O–H groups in total. The number of aryl methyl sites for hydroxylation is 1. The molecule has 1 aliphatic carbocycles. The molecule has 1 aromatic rings. The zero-order valence-electron chi connectivity index (χ0n) is 11.4. The predicted molar refractivity (Wildman–Crippen MR) is 76.0 cm³/mol. The Morgan fingerprint density at radius 2 is 2.11 bits per heavy atom. The molecule has 1 fully saturated rings. The average molecular weight is 268 g/mol. The second-order valence-electron chi connectivity index (χ2n) is 4.93. The van der Waals surface area contributed by atoms with E-state index >= 15 is 0 Å². The number of nitrogens with zero attached hydrogens (tertiary/aromatic N) is 1. The molecule has 0 amide bonds. The molecular weight excluding hydrogens is 244 g/mol. The third-order valence-electron chi connectivity index (χ3n) is 3.54. The summed E-state index contributed by atoms with van der Waals surface area (Å²) in [4.78, 5) is 4.54. The molecule has 0 atom stereocenters. The molecule has 0 aliphatic heterocycles. The van der Waals surface area contributed by atoms with E-state index in [4.69, 9.17) is 4.74 Å². The molecule has 1 saturated carbocycles. The maximum atomic E-state index is 5.97. The van der Waals surface area contributed by atoms with Gasteiger partial charge in [0.25, 0.3) is 0 Å². The van der Waals surface area contributed by atoms with Gasteiger partial charge in [-0.25, -0.2) is 4.98 Å². The smallest absolute Gasteiger partial charge is 0.0926 e. The molecule has 4 heteroatoms. The molecule has 0 unspecified atom stereocenters. The molecule has 3 nitrogen and oxygen atoms in total. The van der Waals surface area contributed by atoms with Crippen LogP contribution < -0.4 is 5.32 Å². The zero-order valence-corrected chi connectivity index (χ0v) is 12.3. The van der Waals surface area contributed by atoms with E-state index in [0.29, 0.717) is 18.8 Å². The molecule has 102 valence electrons. The van der Waals surface area contributed by atoms with E-state index in [1.54, 1.807) is 11.3 Å². The van der Waals surface area contributed by atoms with Gasteiger partial charge in [0.1, 0.15) is 0 Å². The average Bonchev–Trinajstić information content (AvgIpc) is 2.86. The van der Waals surface area contributed by atoms with Crippen molar-refractivity contribution in [1.29, 1.82) is 0 Å². The summed E-state index contributed by atoms with van der Waals surface area (Å²) in [5.41, 5.74) is 1.10. The lowest BCUT2D eigenvalue weighted by atomic mass is 9.93. The fourth-order valence-electron chi connectivity index (χ4n) is 2.50. The number of rotatable bonds is 6. The van der Waals surface area contributed by atoms with Crippen molar-refractivity contribution in [3.8, 4) is 0 Å². The largest absolute Gasteiger partial charge is 0.372 e. The van der Waals surface area contributed by atoms with Crippen LogP contribution in [-0.4, -0.2) is 23.7 Å². The molecule has 0 radical (unpaired) electrons. The van der Waals surface area contributed by atoms with Crippen LogP contribution in [0.4, 0.5) is 0 Å². The Bertz CT molecular complexity index is 345. The Morgan fingerprint density at radius 1 is 1.33 bits per heavy atom. The molecule has 1 heterocycles. The Morgan fingerprint density at radius 3 is 2.72 bits per heavy atom. The first-order chi connectivity index (χ1) is 8.81. The van der Waals surface area contributed by atoms with Gasteiger partial charge in [-0.15, -0.1) is 11.3 Å². The number of aromatic nitrogens is 1. The van der Waals surface area contributed by atoms with Crippen molar-refractivity contribution in [2.45, 2.75) is 64.7 Å². The van der Waals surface area contributed by atoms with Gasteiger partial charge in [0.15, 0.2) is 0 Å². The van der Waals surface area contributed by atoms with E-state index in [1.807, 2.05) is 0 Å². The summed E-state index contributed by atoms with van der Waals surface area (Å²) in [6.07, 6.45) is 6.32. The predicted octanol–water partition coefficient (Wildman–Crippen LogP) is 3.14. The lowest BCUT2D eigenvalue weighted by Crippen LogP contribution is -2.35. The van der Waals surface area contributed by atoms with Crippen molar-refractivity contribution in [1.82, 2.24) is 10.3 Å². The Kier molecular flexibility index (Phi) is 5.60. The second-order valence-corrected chi connectivity index (χ2v) is 5.87. The highest BCUT2D eigenvalue weighted by Gasteiger charge is 2.20. The second kappa shape index (κ2) is 7.22. The van der Waals surface area contributed by atoms with Gasteiger partial charge in [-0.1, -0.05) is 13.8 Å². The normalized spacial score (nSPS) is 24.3. The number of ether oxygens (including phenoxy) is 1. The van der Waals surface area contributed by atoms with Crippen molar-refractivity contribution in [3.63, 3.8) is 0 Å². The van der Waals surface area contributed by atoms with Gasteiger partial charge in [-0.2, -0.15) is 0 Å². The standard InChI is InChI=1S/C14H24N2OS/c1-3-14-16-12(10-18-14)9-17-13-7-5-11(6-8-13)15-4-2/h10-11,13,15H,3-9H2,1-2H3. The Balaban J connectivity index is 1.68. The summed E-state index contributed by atoms with van der Waals surface area (Å²) in [6.45, 7) is 6.09. The fraction of sp³-hybridized carbons (Fsp3) is 0.786. The summed E-state index contributed by atoms with van der Waals surface area (Å²) in [5, 5.41) is 6.86. The molecule has 18 heavy (non-hydrogen) atoms. The summed E-state index contributed by atoms with van der Waals surface area (Å²) in [7, 11) is 0. The molecule has 0 saturated heterocycles. The summed E-state index contributed by atoms with van der Waals surface area (Å²) >= 11 is 1.74. The van der Waals surface area contributed by atoms with Gasteiger partial charge in [-0.3, -0.25) is 0 Å². The minimum Gasteiger partial charge on any atom is -0.372 e. The van der Waals surface area contributed by atoms with E-state index in [0.717, 1.165) is 18.7 Å². The molecule has 1 aliphatic rings. The van der Waals surface area contributed by atoms with E-state index in [9.17, 15) is 0 Å². The summed E-state index contributed by atoms with van der Waals surface area (Å²) < 4.78 is 5.97. The van der Waals surface area contributed by atoms with Crippen LogP contribution in [0.25, 0.3) is 0 Å². The van der Waals surface area contributed by atoms with Gasteiger partial charge in [-0.05, 0) is 38.6 Å². The maximum Gasteiger partial charge on any atom is 0.0926 e. The van der Waals surface area contributed by atoms with Crippen LogP contribution in [0.2, 0.25) is 0 Å². The van der Waals surface area contributed by atoms with Crippen LogP contribution in [0.5, 0.6) is 0 Å². The van der Waals surface area contributed by atoms with Crippen molar-refractivity contribution in [3.05, 3.63) is 16.1 Å². The molecule has 0 spiro atoms. The van der Waals surface area contributed by atoms with Crippen molar-refractivity contribution < 1.29 is 4.74 Å². The van der Waals surface area contributed by atoms with Crippen LogP contribution in [0, 0.1) is 0 Å². The van der Waals surface area contributed by atoms with Gasteiger partial charge in [0.05, 0.1) is 23.4 Å². The van der Waals surface area contributed by atoms with Crippen LogP contribution in [0.1, 0.15) is 50.2 Å². The zero-order chi connectivity index (χ0) is 12.8. The highest BCUT2D eigenvalue weighted by molar-refractivity contribution is 7.09. The maximum absolute atomic E-state index is 5.97. The van der Waals surface area contributed by atoms with Crippen molar-refractivity contribution in [2.75, 3.05) is 6.54 Å². The minimum atomic E-state index is 0.437. The van der Waals surface area contributed by atoms with Gasteiger partial charge >= 0.3 is 0 Å². The molecule has 0 bridgehead atoms. The third-order valence-corrected chi connectivity index (χ3v) is 4.58. The van der Waals surface area contributed by atoms with Crippen LogP contribution >= 0.6 is 11.3 Å². The summed E-state index contributed by atoms with van der Waals surface area (Å²) in [5.74, 6) is 0. The Hall–Kier alpha value is -0.450. The van der Waals surface area contributed by atoms with E-state index in [1.165, 1.54) is 30.7 Å². The fourth-order valence-corrected chi connectivity index (χ4v) is 3.23. The minimum absolute atomic E-state index is 0.437. The van der Waals surface area contributed by atoms with Gasteiger partial charge in [0, 0.05) is 11.4 Å². The van der Waals surface area contributed by atoms with Gasteiger partial charge < -0.3 is 10.1 Å². The first kappa shape index (κ1) is 14.0. The van der Waals surface area contributed by atoms with E-state index < -0.39 is 0 Å². The topological polar surface area (TPSA) is 34.1 Å². The van der Waals surface area contributed by atoms with Crippen LogP contribution in [0.15, 0.2) is 5.38 Å². The number of thiazole rings is 1. The van der Waals surface area contributed by atoms with Crippen molar-refractivity contribution >= 4 is 11.3 Å². The molecule has 1 aromatic heterocycles. The van der Waals surface area contributed by atoms with Crippen LogP contribution in [0.3, 0.4) is 0 Å². The SMILES string of the molecule is CCNC1CCC(OCc2csc(CC)n2)CC1. The van der Waals surface area contributed by atoms with Gasteiger partial charge in [0.2, 0.25) is 0 Å².